The van der Waals surface area contributed by atoms with Gasteiger partial charge in [-0.2, -0.15) is 0 Å². The van der Waals surface area contributed by atoms with Crippen molar-refractivity contribution in [2.75, 3.05) is 52.9 Å². The summed E-state index contributed by atoms with van der Waals surface area (Å²) in [7, 11) is -8.33. The summed E-state index contributed by atoms with van der Waals surface area (Å²) >= 11 is 0. The van der Waals surface area contributed by atoms with Crippen molar-refractivity contribution in [2.24, 2.45) is 0 Å². The molecule has 0 radical (unpaired) electrons. The van der Waals surface area contributed by atoms with Gasteiger partial charge in [0.15, 0.2) is 16.6 Å². The summed E-state index contributed by atoms with van der Waals surface area (Å²) in [6.45, 7) is 23.8. The molecule has 0 bridgehead atoms. The average Bonchev–Trinajstić information content (AvgIpc) is 3.64. The second kappa shape index (κ2) is 16.2. The minimum absolute atomic E-state index is 0.190. The molecule has 3 aliphatic rings. The molecule has 0 amide bonds. The van der Waals surface area contributed by atoms with E-state index in [4.69, 9.17) is 36.4 Å². The zero-order valence-electron chi connectivity index (χ0n) is 25.3. The highest BCUT2D eigenvalue weighted by Gasteiger charge is 2.45. The van der Waals surface area contributed by atoms with Gasteiger partial charge in [0, 0.05) is 13.2 Å². The SMILES string of the molecule is CCC[Si](C)(O[Si](C)(C)CCCOCC1CO1)O[Si](C)(C)O[Si](C)(C)CCCOCC1CO1.OCC1CO1. The van der Waals surface area contributed by atoms with E-state index >= 15 is 0 Å². The van der Waals surface area contributed by atoms with Gasteiger partial charge >= 0.3 is 17.1 Å². The number of epoxide rings is 3. The first-order chi connectivity index (χ1) is 17.8. The molecule has 4 unspecified atom stereocenters. The molecule has 3 fully saturated rings. The highest BCUT2D eigenvalue weighted by Crippen LogP contribution is 2.30. The zero-order valence-corrected chi connectivity index (χ0v) is 29.3. The summed E-state index contributed by atoms with van der Waals surface area (Å²) in [5.74, 6) is 0. The van der Waals surface area contributed by atoms with E-state index in [2.05, 4.69) is 57.5 Å². The van der Waals surface area contributed by atoms with E-state index in [1.54, 1.807) is 0 Å². The standard InChI is InChI=1S/C22H50O7Si4.C3H6O2/c1-9-14-33(8,28-31(4,5)16-11-13-24-18-22-20-26-22)29-32(6,7)27-30(2,3)15-10-12-23-17-21-19-25-21;4-1-3-2-5-3/h21-22H,9-20H2,1-8H3;3-4H,1-2H2. The number of ether oxygens (including phenoxy) is 5. The number of aliphatic hydroxyl groups is 1. The minimum atomic E-state index is -2.32. The van der Waals surface area contributed by atoms with E-state index in [9.17, 15) is 0 Å². The van der Waals surface area contributed by atoms with Crippen LogP contribution >= 0.6 is 0 Å². The van der Waals surface area contributed by atoms with Crippen LogP contribution < -0.4 is 0 Å². The van der Waals surface area contributed by atoms with Crippen molar-refractivity contribution in [1.29, 1.82) is 0 Å². The molecule has 3 aliphatic heterocycles. The Morgan fingerprint density at radius 2 is 1.11 bits per heavy atom. The van der Waals surface area contributed by atoms with Crippen LogP contribution in [0.25, 0.3) is 0 Å². The monoisotopic (exact) mass is 612 g/mol. The van der Waals surface area contributed by atoms with Gasteiger partial charge in [0.2, 0.25) is 0 Å². The van der Waals surface area contributed by atoms with Crippen molar-refractivity contribution in [1.82, 2.24) is 0 Å². The van der Waals surface area contributed by atoms with Crippen molar-refractivity contribution < 1.29 is 41.1 Å². The summed E-state index contributed by atoms with van der Waals surface area (Å²) in [5.41, 5.74) is 0. The topological polar surface area (TPSA) is 104 Å². The Morgan fingerprint density at radius 3 is 1.47 bits per heavy atom. The predicted molar refractivity (Wildman–Crippen MR) is 159 cm³/mol. The van der Waals surface area contributed by atoms with Crippen molar-refractivity contribution in [3.63, 3.8) is 0 Å². The Labute approximate surface area is 235 Å². The van der Waals surface area contributed by atoms with Crippen molar-refractivity contribution >= 4 is 33.8 Å². The maximum atomic E-state index is 8.08. The highest BCUT2D eigenvalue weighted by atomic mass is 28.5. The Kier molecular flexibility index (Phi) is 14.8. The maximum Gasteiger partial charge on any atom is 0.315 e. The third-order valence-electron chi connectivity index (χ3n) is 6.33. The molecule has 0 spiro atoms. The van der Waals surface area contributed by atoms with Gasteiger partial charge in [-0.15, -0.1) is 0 Å². The van der Waals surface area contributed by atoms with Crippen molar-refractivity contribution in [3.8, 4) is 0 Å². The molecule has 0 aromatic carbocycles. The van der Waals surface area contributed by atoms with Crippen LogP contribution in [0.5, 0.6) is 0 Å². The highest BCUT2D eigenvalue weighted by molar-refractivity contribution is 6.89. The molecule has 226 valence electrons. The normalized spacial score (nSPS) is 24.4. The van der Waals surface area contributed by atoms with Gasteiger partial charge in [0.25, 0.3) is 0 Å². The number of hydrogen-bond donors (Lipinski definition) is 1. The molecule has 0 aromatic rings. The van der Waals surface area contributed by atoms with Crippen LogP contribution in [0.4, 0.5) is 0 Å². The van der Waals surface area contributed by atoms with Gasteiger partial charge in [0.05, 0.1) is 39.6 Å². The van der Waals surface area contributed by atoms with Gasteiger partial charge in [0.1, 0.15) is 18.3 Å². The first kappa shape index (κ1) is 34.7. The molecule has 0 saturated carbocycles. The average molecular weight is 613 g/mol. The van der Waals surface area contributed by atoms with Crippen LogP contribution in [0.1, 0.15) is 26.2 Å². The second-order valence-corrected chi connectivity index (χ2v) is 28.6. The fourth-order valence-electron chi connectivity index (χ4n) is 4.60. The van der Waals surface area contributed by atoms with Crippen LogP contribution in [0.2, 0.25) is 64.0 Å². The fourth-order valence-corrected chi connectivity index (χ4v) is 24.4. The lowest BCUT2D eigenvalue weighted by Gasteiger charge is -2.42. The van der Waals surface area contributed by atoms with E-state index in [-0.39, 0.29) is 12.7 Å². The molecule has 0 aliphatic carbocycles. The Balaban J connectivity index is 0.000000904. The van der Waals surface area contributed by atoms with Gasteiger partial charge < -0.3 is 41.1 Å². The van der Waals surface area contributed by atoms with Gasteiger partial charge in [-0.05, 0) is 76.8 Å². The maximum absolute atomic E-state index is 8.08. The first-order valence-electron chi connectivity index (χ1n) is 14.5. The van der Waals surface area contributed by atoms with E-state index in [0.29, 0.717) is 12.2 Å². The van der Waals surface area contributed by atoms with Crippen molar-refractivity contribution in [3.05, 3.63) is 0 Å². The largest absolute Gasteiger partial charge is 0.436 e. The summed E-state index contributed by atoms with van der Waals surface area (Å²) < 4.78 is 47.0. The van der Waals surface area contributed by atoms with Crippen LogP contribution in [0.3, 0.4) is 0 Å². The quantitative estimate of drug-likeness (QED) is 0.113. The summed E-state index contributed by atoms with van der Waals surface area (Å²) in [5, 5.41) is 8.08. The Morgan fingerprint density at radius 1 is 0.658 bits per heavy atom. The van der Waals surface area contributed by atoms with E-state index in [1.165, 1.54) is 0 Å². The van der Waals surface area contributed by atoms with Gasteiger partial charge in [-0.3, -0.25) is 0 Å². The third-order valence-corrected chi connectivity index (χ3v) is 22.7. The van der Waals surface area contributed by atoms with E-state index < -0.39 is 33.8 Å². The predicted octanol–water partition coefficient (Wildman–Crippen LogP) is 4.62. The molecule has 1 N–H and O–H groups in total. The number of aliphatic hydroxyl groups excluding tert-OH is 1. The molecule has 3 heterocycles. The van der Waals surface area contributed by atoms with Crippen molar-refractivity contribution in [2.45, 2.75) is 108 Å². The van der Waals surface area contributed by atoms with Gasteiger partial charge in [-0.1, -0.05) is 13.3 Å². The molecule has 38 heavy (non-hydrogen) atoms. The molecule has 0 aromatic heterocycles. The Hall–Kier alpha value is 0.508. The molecule has 3 saturated heterocycles. The summed E-state index contributed by atoms with van der Waals surface area (Å²) in [4.78, 5) is 0. The summed E-state index contributed by atoms with van der Waals surface area (Å²) in [6, 6.07) is 3.18. The zero-order chi connectivity index (χ0) is 28.3. The second-order valence-electron chi connectivity index (χ2n) is 12.5. The first-order valence-corrected chi connectivity index (χ1v) is 26.1. The molecule has 13 heteroatoms. The molecule has 3 rings (SSSR count). The molecular formula is C25H56O9Si4. The molecular weight excluding hydrogens is 557 g/mol. The molecule has 4 atom stereocenters. The van der Waals surface area contributed by atoms with E-state index in [1.807, 2.05) is 0 Å². The minimum Gasteiger partial charge on any atom is -0.436 e. The smallest absolute Gasteiger partial charge is 0.315 e. The van der Waals surface area contributed by atoms with Gasteiger partial charge in [-0.25, -0.2) is 0 Å². The lowest BCUT2D eigenvalue weighted by Crippen LogP contribution is -2.57. The third kappa shape index (κ3) is 17.3. The number of rotatable bonds is 21. The summed E-state index contributed by atoms with van der Waals surface area (Å²) in [6.07, 6.45) is 4.01. The van der Waals surface area contributed by atoms with Crippen LogP contribution in [0, 0.1) is 0 Å². The Bertz CT molecular complexity index is 659. The fraction of sp³-hybridized carbons (Fsp3) is 1.00. The van der Waals surface area contributed by atoms with Crippen LogP contribution in [-0.2, 0) is 36.0 Å². The molecule has 9 nitrogen and oxygen atoms in total. The van der Waals surface area contributed by atoms with Crippen LogP contribution in [-0.4, -0.2) is 110 Å². The van der Waals surface area contributed by atoms with E-state index in [0.717, 1.165) is 83.6 Å². The lowest BCUT2D eigenvalue weighted by molar-refractivity contribution is 0.116. The lowest BCUT2D eigenvalue weighted by atomic mass is 10.5. The number of hydrogen-bond acceptors (Lipinski definition) is 9. The van der Waals surface area contributed by atoms with Crippen LogP contribution in [0.15, 0.2) is 0 Å².